The van der Waals surface area contributed by atoms with Crippen LogP contribution < -0.4 is 4.90 Å². The van der Waals surface area contributed by atoms with E-state index in [0.717, 1.165) is 46.3 Å². The largest absolute Gasteiger partial charge is 0.388 e. The normalized spacial score (nSPS) is 21.3. The number of urea groups is 1. The van der Waals surface area contributed by atoms with Gasteiger partial charge in [-0.1, -0.05) is 80.1 Å². The number of aliphatic hydroxyl groups is 2. The Balaban J connectivity index is 1.56. The van der Waals surface area contributed by atoms with Crippen LogP contribution in [0, 0.1) is 0 Å². The van der Waals surface area contributed by atoms with Gasteiger partial charge in [0.05, 0.1) is 17.6 Å². The molecule has 1 aliphatic heterocycles. The highest BCUT2D eigenvalue weighted by Gasteiger charge is 2.46. The average molecular weight is 556 g/mol. The maximum absolute atomic E-state index is 14.5. The molecule has 3 aromatic carbocycles. The molecule has 1 fully saturated rings. The molecule has 3 N–H and O–H groups in total. The van der Waals surface area contributed by atoms with Crippen molar-refractivity contribution in [3.63, 3.8) is 0 Å². The molecule has 5 rings (SSSR count). The number of hydrogen-bond donors (Lipinski definition) is 3. The van der Waals surface area contributed by atoms with E-state index in [1.54, 1.807) is 9.80 Å². The number of carbonyl (C=O) groups excluding carboxylic acids is 1. The molecule has 216 valence electrons. The number of nitrogens with zero attached hydrogens (tertiary/aromatic N) is 4. The quantitative estimate of drug-likeness (QED) is 0.266. The number of fused-ring (bicyclic) bond motifs is 1. The van der Waals surface area contributed by atoms with Crippen molar-refractivity contribution < 1.29 is 15.0 Å². The maximum atomic E-state index is 14.5. The molecule has 8 nitrogen and oxygen atoms in total. The van der Waals surface area contributed by atoms with Gasteiger partial charge >= 0.3 is 6.03 Å². The van der Waals surface area contributed by atoms with Gasteiger partial charge in [-0.2, -0.15) is 5.10 Å². The highest BCUT2D eigenvalue weighted by atomic mass is 16.3. The zero-order valence-corrected chi connectivity index (χ0v) is 24.1. The first-order chi connectivity index (χ1) is 19.9. The molecule has 41 heavy (non-hydrogen) atoms. The van der Waals surface area contributed by atoms with Crippen molar-refractivity contribution in [1.82, 2.24) is 20.0 Å². The van der Waals surface area contributed by atoms with Crippen molar-refractivity contribution in [2.24, 2.45) is 0 Å². The third-order valence-corrected chi connectivity index (χ3v) is 8.14. The summed E-state index contributed by atoms with van der Waals surface area (Å²) < 4.78 is 0. The van der Waals surface area contributed by atoms with E-state index < -0.39 is 24.3 Å². The maximum Gasteiger partial charge on any atom is 0.321 e. The molecule has 2 amide bonds. The van der Waals surface area contributed by atoms with Gasteiger partial charge < -0.3 is 24.9 Å². The van der Waals surface area contributed by atoms with Gasteiger partial charge in [0.2, 0.25) is 0 Å². The fraction of sp³-hybridized carbons (Fsp3) is 0.394. The number of aliphatic hydroxyl groups excluding tert-OH is 2. The molecule has 0 unspecified atom stereocenters. The molecule has 8 heteroatoms. The minimum atomic E-state index is -1.13. The first kappa shape index (κ1) is 28.6. The third kappa shape index (κ3) is 6.24. The smallest absolute Gasteiger partial charge is 0.321 e. The molecule has 0 aliphatic carbocycles. The van der Waals surface area contributed by atoms with Gasteiger partial charge in [0, 0.05) is 32.6 Å². The van der Waals surface area contributed by atoms with Gasteiger partial charge in [-0.3, -0.25) is 5.10 Å². The van der Waals surface area contributed by atoms with E-state index in [1.165, 1.54) is 0 Å². The number of aromatic amines is 1. The Morgan fingerprint density at radius 2 is 1.41 bits per heavy atom. The van der Waals surface area contributed by atoms with Crippen LogP contribution in [-0.2, 0) is 19.4 Å². The van der Waals surface area contributed by atoms with Gasteiger partial charge in [0.25, 0.3) is 0 Å². The summed E-state index contributed by atoms with van der Waals surface area (Å²) in [7, 11) is 3.90. The molecule has 0 saturated carbocycles. The van der Waals surface area contributed by atoms with Crippen molar-refractivity contribution in [1.29, 1.82) is 0 Å². The van der Waals surface area contributed by atoms with Crippen LogP contribution >= 0.6 is 0 Å². The Bertz CT molecular complexity index is 1420. The third-order valence-electron chi connectivity index (χ3n) is 8.14. The van der Waals surface area contributed by atoms with Crippen LogP contribution in [0.4, 0.5) is 10.6 Å². The topological polar surface area (TPSA) is 95.9 Å². The fourth-order valence-corrected chi connectivity index (χ4v) is 5.90. The van der Waals surface area contributed by atoms with Crippen LogP contribution in [0.2, 0.25) is 0 Å². The summed E-state index contributed by atoms with van der Waals surface area (Å²) in [6, 6.07) is 24.5. The summed E-state index contributed by atoms with van der Waals surface area (Å²) in [6.07, 6.45) is 0.387. The van der Waals surface area contributed by atoms with E-state index in [0.29, 0.717) is 25.9 Å². The second-order valence-electron chi connectivity index (χ2n) is 11.3. The van der Waals surface area contributed by atoms with Gasteiger partial charge in [0.1, 0.15) is 12.2 Å². The number of unbranched alkanes of at least 4 members (excludes halogenated alkanes) is 1. The Labute approximate surface area is 242 Å². The molecular weight excluding hydrogens is 514 g/mol. The predicted octanol–water partition coefficient (Wildman–Crippen LogP) is 4.61. The van der Waals surface area contributed by atoms with Crippen molar-refractivity contribution in [3.8, 4) is 0 Å². The first-order valence-electron chi connectivity index (χ1n) is 14.5. The van der Waals surface area contributed by atoms with Crippen molar-refractivity contribution in [2.45, 2.75) is 63.4 Å². The number of nitrogens with one attached hydrogen (secondary N) is 1. The Morgan fingerprint density at radius 3 is 1.98 bits per heavy atom. The summed E-state index contributed by atoms with van der Waals surface area (Å²) in [6.45, 7) is 2.91. The number of H-pyrrole nitrogens is 1. The van der Waals surface area contributed by atoms with Gasteiger partial charge in [-0.15, -0.1) is 0 Å². The summed E-state index contributed by atoms with van der Waals surface area (Å²) in [4.78, 5) is 20.1. The molecule has 0 bridgehead atoms. The molecular formula is C33H41N5O3. The lowest BCUT2D eigenvalue weighted by Crippen LogP contribution is -2.51. The second-order valence-corrected chi connectivity index (χ2v) is 11.3. The Hall–Kier alpha value is -3.88. The lowest BCUT2D eigenvalue weighted by molar-refractivity contribution is -0.0402. The average Bonchev–Trinajstić information content (AvgIpc) is 3.40. The lowest BCUT2D eigenvalue weighted by atomic mass is 9.91. The number of rotatable bonds is 10. The zero-order valence-electron chi connectivity index (χ0n) is 24.1. The summed E-state index contributed by atoms with van der Waals surface area (Å²) in [5, 5.41) is 32.0. The van der Waals surface area contributed by atoms with Crippen LogP contribution in [0.5, 0.6) is 0 Å². The molecule has 1 aliphatic rings. The van der Waals surface area contributed by atoms with Crippen molar-refractivity contribution in [2.75, 3.05) is 25.5 Å². The fourth-order valence-electron chi connectivity index (χ4n) is 5.90. The van der Waals surface area contributed by atoms with Crippen LogP contribution in [0.25, 0.3) is 10.9 Å². The van der Waals surface area contributed by atoms with Crippen LogP contribution in [0.3, 0.4) is 0 Å². The molecule has 0 radical (unpaired) electrons. The minimum Gasteiger partial charge on any atom is -0.388 e. The monoisotopic (exact) mass is 555 g/mol. The summed E-state index contributed by atoms with van der Waals surface area (Å²) in [5.74, 6) is 0.827. The van der Waals surface area contributed by atoms with E-state index in [2.05, 4.69) is 23.2 Å². The zero-order chi connectivity index (χ0) is 28.9. The highest BCUT2D eigenvalue weighted by Crippen LogP contribution is 2.30. The lowest BCUT2D eigenvalue weighted by Gasteiger charge is -2.35. The van der Waals surface area contributed by atoms with Crippen LogP contribution in [0.15, 0.2) is 78.9 Å². The number of hydrogen-bond acceptors (Lipinski definition) is 5. The van der Waals surface area contributed by atoms with Gasteiger partial charge in [0.15, 0.2) is 5.82 Å². The minimum absolute atomic E-state index is 0.156. The number of carbonyl (C=O) groups is 1. The molecule has 2 heterocycles. The number of amides is 2. The molecule has 1 saturated heterocycles. The Morgan fingerprint density at radius 1 is 0.829 bits per heavy atom. The van der Waals surface area contributed by atoms with E-state index in [-0.39, 0.29) is 6.03 Å². The number of aromatic nitrogens is 2. The first-order valence-corrected chi connectivity index (χ1v) is 14.5. The molecule has 4 atom stereocenters. The van der Waals surface area contributed by atoms with Gasteiger partial charge in [-0.25, -0.2) is 4.79 Å². The van der Waals surface area contributed by atoms with Crippen molar-refractivity contribution >= 4 is 22.8 Å². The number of anilines is 1. The summed E-state index contributed by atoms with van der Waals surface area (Å²) in [5.41, 5.74) is 3.88. The molecule has 0 spiro atoms. The second kappa shape index (κ2) is 12.7. The van der Waals surface area contributed by atoms with E-state index in [9.17, 15) is 15.0 Å². The summed E-state index contributed by atoms with van der Waals surface area (Å²) >= 11 is 0. The number of benzene rings is 3. The van der Waals surface area contributed by atoms with Crippen molar-refractivity contribution in [3.05, 3.63) is 95.6 Å². The SMILES string of the molecule is CCCCN1C(=O)N(Cc2ccc3[nH]nc(N(C)C)c3c2)[C@H](Cc2ccccc2)[C@H](O)[C@@H](O)[C@H]1Cc1ccccc1. The van der Waals surface area contributed by atoms with Gasteiger partial charge in [-0.05, 0) is 48.1 Å². The Kier molecular flexibility index (Phi) is 8.90. The van der Waals surface area contributed by atoms with E-state index in [4.69, 9.17) is 0 Å². The van der Waals surface area contributed by atoms with Crippen LogP contribution in [-0.4, -0.2) is 81.2 Å². The standard InChI is InChI=1S/C33H41N5O3/c1-4-5-18-37-28(20-23-12-8-6-9-13-23)30(39)31(40)29(21-24-14-10-7-11-15-24)38(33(37)41)22-25-16-17-27-26(19-25)32(35-34-27)36(2)3/h6-17,19,28-31,39-40H,4-5,18,20-22H2,1-3H3,(H,34,35)/t28-,29-,30+,31+/m1/s1. The predicted molar refractivity (Wildman–Crippen MR) is 163 cm³/mol. The van der Waals surface area contributed by atoms with Crippen LogP contribution in [0.1, 0.15) is 36.5 Å². The molecule has 4 aromatic rings. The van der Waals surface area contributed by atoms with E-state index >= 15 is 0 Å². The van der Waals surface area contributed by atoms with E-state index in [1.807, 2.05) is 91.8 Å². The highest BCUT2D eigenvalue weighted by molar-refractivity contribution is 5.90. The molecule has 1 aromatic heterocycles.